The van der Waals surface area contributed by atoms with Crippen molar-refractivity contribution < 1.29 is 5.11 Å². The first-order valence-corrected chi connectivity index (χ1v) is 9.26. The number of likely N-dealkylation sites (tertiary alicyclic amines) is 1. The van der Waals surface area contributed by atoms with Crippen LogP contribution in [-0.2, 0) is 0 Å². The Morgan fingerprint density at radius 3 is 2.43 bits per heavy atom. The van der Waals surface area contributed by atoms with E-state index in [1.807, 2.05) is 0 Å². The van der Waals surface area contributed by atoms with Crippen LogP contribution in [0.4, 0.5) is 0 Å². The number of nitrogens with zero attached hydrogens (tertiary/aromatic N) is 1. The Balaban J connectivity index is 1.73. The van der Waals surface area contributed by atoms with Crippen molar-refractivity contribution in [3.63, 3.8) is 0 Å². The van der Waals surface area contributed by atoms with E-state index in [4.69, 9.17) is 0 Å². The highest BCUT2D eigenvalue weighted by atomic mass is 16.3. The molecule has 0 aromatic heterocycles. The van der Waals surface area contributed by atoms with E-state index >= 15 is 0 Å². The molecule has 1 unspecified atom stereocenters. The zero-order valence-corrected chi connectivity index (χ0v) is 14.2. The summed E-state index contributed by atoms with van der Waals surface area (Å²) in [4.78, 5) is 2.61. The Bertz CT molecular complexity index is 281. The van der Waals surface area contributed by atoms with E-state index in [0.717, 1.165) is 12.5 Å². The van der Waals surface area contributed by atoms with Gasteiger partial charge < -0.3 is 15.3 Å². The van der Waals surface area contributed by atoms with Crippen molar-refractivity contribution >= 4 is 0 Å². The van der Waals surface area contributed by atoms with Gasteiger partial charge in [0.25, 0.3) is 0 Å². The Labute approximate surface area is 131 Å². The third-order valence-electron chi connectivity index (χ3n) is 5.93. The SMILES string of the molecule is CCCN1CCC(C(C)NCC2(CO)CCCCC2)CC1. The molecule has 1 aliphatic heterocycles. The van der Waals surface area contributed by atoms with Crippen molar-refractivity contribution in [2.75, 3.05) is 32.8 Å². The minimum atomic E-state index is 0.176. The second-order valence-electron chi connectivity index (χ2n) is 7.57. The molecule has 3 heteroatoms. The van der Waals surface area contributed by atoms with Crippen molar-refractivity contribution in [1.82, 2.24) is 10.2 Å². The highest BCUT2D eigenvalue weighted by molar-refractivity contribution is 4.87. The molecule has 0 aromatic carbocycles. The summed E-state index contributed by atoms with van der Waals surface area (Å²) in [6.07, 6.45) is 10.3. The maximum atomic E-state index is 9.81. The Morgan fingerprint density at radius 1 is 1.19 bits per heavy atom. The number of piperidine rings is 1. The highest BCUT2D eigenvalue weighted by Crippen LogP contribution is 2.35. The first-order chi connectivity index (χ1) is 10.2. The molecule has 2 rings (SSSR count). The van der Waals surface area contributed by atoms with Crippen molar-refractivity contribution in [2.24, 2.45) is 11.3 Å². The largest absolute Gasteiger partial charge is 0.396 e. The molecule has 1 aliphatic carbocycles. The van der Waals surface area contributed by atoms with Gasteiger partial charge in [0.15, 0.2) is 0 Å². The number of hydrogen-bond donors (Lipinski definition) is 2. The maximum Gasteiger partial charge on any atom is 0.0499 e. The van der Waals surface area contributed by atoms with Crippen LogP contribution < -0.4 is 5.32 Å². The van der Waals surface area contributed by atoms with Gasteiger partial charge in [0.05, 0.1) is 0 Å². The fourth-order valence-corrected chi connectivity index (χ4v) is 4.23. The van der Waals surface area contributed by atoms with Gasteiger partial charge in [0, 0.05) is 24.6 Å². The van der Waals surface area contributed by atoms with Gasteiger partial charge in [0.1, 0.15) is 0 Å². The standard InChI is InChI=1S/C18H36N2O/c1-3-11-20-12-7-17(8-13-20)16(2)19-14-18(15-21)9-5-4-6-10-18/h16-17,19,21H,3-15H2,1-2H3. The molecular formula is C18H36N2O. The molecular weight excluding hydrogens is 260 g/mol. The smallest absolute Gasteiger partial charge is 0.0499 e. The lowest BCUT2D eigenvalue weighted by molar-refractivity contribution is 0.0729. The van der Waals surface area contributed by atoms with Gasteiger partial charge in [-0.1, -0.05) is 26.2 Å². The van der Waals surface area contributed by atoms with Crippen LogP contribution in [0.1, 0.15) is 65.2 Å². The first kappa shape index (κ1) is 17.2. The van der Waals surface area contributed by atoms with Crippen molar-refractivity contribution in [1.29, 1.82) is 0 Å². The topological polar surface area (TPSA) is 35.5 Å². The summed E-state index contributed by atoms with van der Waals surface area (Å²) in [7, 11) is 0. The van der Waals surface area contributed by atoms with Crippen LogP contribution in [0.5, 0.6) is 0 Å². The lowest BCUT2D eigenvalue weighted by Gasteiger charge is -2.39. The number of nitrogens with one attached hydrogen (secondary N) is 1. The van der Waals surface area contributed by atoms with Crippen LogP contribution in [0, 0.1) is 11.3 Å². The van der Waals surface area contributed by atoms with E-state index in [2.05, 4.69) is 24.1 Å². The van der Waals surface area contributed by atoms with Gasteiger partial charge in [-0.15, -0.1) is 0 Å². The zero-order chi connectivity index (χ0) is 15.1. The molecule has 1 saturated carbocycles. The molecule has 1 saturated heterocycles. The van der Waals surface area contributed by atoms with Gasteiger partial charge in [-0.05, 0) is 64.6 Å². The van der Waals surface area contributed by atoms with Crippen molar-refractivity contribution in [2.45, 2.75) is 71.3 Å². The molecule has 124 valence electrons. The summed E-state index contributed by atoms with van der Waals surface area (Å²) in [6, 6.07) is 0.596. The first-order valence-electron chi connectivity index (χ1n) is 9.26. The van der Waals surface area contributed by atoms with Crippen LogP contribution in [0.15, 0.2) is 0 Å². The van der Waals surface area contributed by atoms with E-state index in [0.29, 0.717) is 12.6 Å². The van der Waals surface area contributed by atoms with Gasteiger partial charge in [-0.3, -0.25) is 0 Å². The molecule has 0 bridgehead atoms. The van der Waals surface area contributed by atoms with Crippen LogP contribution in [-0.4, -0.2) is 48.8 Å². The lowest BCUT2D eigenvalue weighted by Crippen LogP contribution is -2.47. The summed E-state index contributed by atoms with van der Waals surface area (Å²) in [6.45, 7) is 9.82. The molecule has 0 spiro atoms. The van der Waals surface area contributed by atoms with E-state index in [-0.39, 0.29) is 5.41 Å². The Morgan fingerprint density at radius 2 is 1.86 bits per heavy atom. The molecule has 0 amide bonds. The molecule has 21 heavy (non-hydrogen) atoms. The van der Waals surface area contributed by atoms with Gasteiger partial charge in [0.2, 0.25) is 0 Å². The number of hydrogen-bond acceptors (Lipinski definition) is 3. The van der Waals surface area contributed by atoms with Crippen LogP contribution in [0.2, 0.25) is 0 Å². The molecule has 2 fully saturated rings. The van der Waals surface area contributed by atoms with Crippen LogP contribution in [0.3, 0.4) is 0 Å². The fraction of sp³-hybridized carbons (Fsp3) is 1.00. The predicted molar refractivity (Wildman–Crippen MR) is 89.5 cm³/mol. The molecule has 2 aliphatic rings. The second kappa shape index (κ2) is 8.50. The number of rotatable bonds is 7. The summed E-state index contributed by atoms with van der Waals surface area (Å²) in [5.41, 5.74) is 0.176. The minimum Gasteiger partial charge on any atom is -0.396 e. The molecule has 1 heterocycles. The molecule has 1 atom stereocenters. The van der Waals surface area contributed by atoms with Crippen molar-refractivity contribution in [3.8, 4) is 0 Å². The van der Waals surface area contributed by atoms with Gasteiger partial charge >= 0.3 is 0 Å². The average Bonchev–Trinajstić information content (AvgIpc) is 2.54. The van der Waals surface area contributed by atoms with Crippen molar-refractivity contribution in [3.05, 3.63) is 0 Å². The monoisotopic (exact) mass is 296 g/mol. The lowest BCUT2D eigenvalue weighted by atomic mass is 9.74. The van der Waals surface area contributed by atoms with Crippen LogP contribution in [0.25, 0.3) is 0 Å². The number of aliphatic hydroxyl groups excluding tert-OH is 1. The van der Waals surface area contributed by atoms with E-state index in [1.165, 1.54) is 71.0 Å². The fourth-order valence-electron chi connectivity index (χ4n) is 4.23. The maximum absolute atomic E-state index is 9.81. The quantitative estimate of drug-likeness (QED) is 0.758. The van der Waals surface area contributed by atoms with E-state index in [1.54, 1.807) is 0 Å². The Kier molecular flexibility index (Phi) is 6.97. The average molecular weight is 296 g/mol. The third kappa shape index (κ3) is 4.94. The zero-order valence-electron chi connectivity index (χ0n) is 14.2. The molecule has 0 radical (unpaired) electrons. The normalized spacial score (nSPS) is 25.9. The Hall–Kier alpha value is -0.120. The summed E-state index contributed by atoms with van der Waals surface area (Å²) >= 11 is 0. The summed E-state index contributed by atoms with van der Waals surface area (Å²) in [5.74, 6) is 0.817. The van der Waals surface area contributed by atoms with Gasteiger partial charge in [-0.25, -0.2) is 0 Å². The highest BCUT2D eigenvalue weighted by Gasteiger charge is 2.32. The minimum absolute atomic E-state index is 0.176. The molecule has 0 aromatic rings. The summed E-state index contributed by atoms with van der Waals surface area (Å²) in [5, 5.41) is 13.6. The third-order valence-corrected chi connectivity index (χ3v) is 5.93. The predicted octanol–water partition coefficient (Wildman–Crippen LogP) is 3.03. The summed E-state index contributed by atoms with van der Waals surface area (Å²) < 4.78 is 0. The van der Waals surface area contributed by atoms with E-state index in [9.17, 15) is 5.11 Å². The molecule has 2 N–H and O–H groups in total. The van der Waals surface area contributed by atoms with Gasteiger partial charge in [-0.2, -0.15) is 0 Å². The second-order valence-corrected chi connectivity index (χ2v) is 7.57. The molecule has 3 nitrogen and oxygen atoms in total. The van der Waals surface area contributed by atoms with Crippen LogP contribution >= 0.6 is 0 Å². The number of aliphatic hydroxyl groups is 1. The van der Waals surface area contributed by atoms with E-state index < -0.39 is 0 Å².